The number of amides is 1. The molecule has 0 radical (unpaired) electrons. The first-order chi connectivity index (χ1) is 14.1. The van der Waals surface area contributed by atoms with Crippen LogP contribution in [0.4, 0.5) is 5.69 Å². The zero-order valence-electron chi connectivity index (χ0n) is 19.1. The van der Waals surface area contributed by atoms with Gasteiger partial charge in [0.05, 0.1) is 10.5 Å². The summed E-state index contributed by atoms with van der Waals surface area (Å²) in [6.45, 7) is 17.2. The van der Waals surface area contributed by atoms with E-state index in [1.165, 1.54) is 4.31 Å². The van der Waals surface area contributed by atoms with Gasteiger partial charge in [0.1, 0.15) is 0 Å². The predicted octanol–water partition coefficient (Wildman–Crippen LogP) is 3.99. The van der Waals surface area contributed by atoms with Crippen molar-refractivity contribution in [1.29, 1.82) is 0 Å². The summed E-state index contributed by atoms with van der Waals surface area (Å²) in [6, 6.07) is 5.03. The summed E-state index contributed by atoms with van der Waals surface area (Å²) >= 11 is 0. The minimum Gasteiger partial charge on any atom is -0.371 e. The second-order valence-corrected chi connectivity index (χ2v) is 10.2. The van der Waals surface area contributed by atoms with Crippen LogP contribution in [0.3, 0.4) is 0 Å². The molecule has 2 rings (SSSR count). The minimum absolute atomic E-state index is 0.147. The molecule has 1 aliphatic rings. The minimum atomic E-state index is -3.64. The van der Waals surface area contributed by atoms with Crippen LogP contribution in [-0.4, -0.2) is 62.8 Å². The first kappa shape index (κ1) is 24.4. The number of piperidine rings is 1. The Morgan fingerprint density at radius 3 is 2.23 bits per heavy atom. The second-order valence-electron chi connectivity index (χ2n) is 8.21. The van der Waals surface area contributed by atoms with Gasteiger partial charge >= 0.3 is 0 Å². The van der Waals surface area contributed by atoms with Crippen molar-refractivity contribution >= 4 is 21.6 Å². The quantitative estimate of drug-likeness (QED) is 0.550. The zero-order valence-corrected chi connectivity index (χ0v) is 20.0. The Balaban J connectivity index is 2.55. The number of hydrogen-bond acceptors (Lipinski definition) is 4. The summed E-state index contributed by atoms with van der Waals surface area (Å²) in [6.07, 6.45) is 2.13. The molecule has 1 amide bonds. The lowest BCUT2D eigenvalue weighted by Gasteiger charge is -2.34. The van der Waals surface area contributed by atoms with E-state index in [4.69, 9.17) is 0 Å². The van der Waals surface area contributed by atoms with E-state index in [1.807, 2.05) is 33.8 Å². The van der Waals surface area contributed by atoms with Crippen molar-refractivity contribution in [2.24, 2.45) is 5.92 Å². The van der Waals surface area contributed by atoms with Gasteiger partial charge in [-0.3, -0.25) is 4.79 Å². The van der Waals surface area contributed by atoms with E-state index in [0.29, 0.717) is 37.7 Å². The molecule has 0 N–H and O–H groups in total. The number of nitrogens with zero attached hydrogens (tertiary/aromatic N) is 3. The maximum atomic E-state index is 13.5. The van der Waals surface area contributed by atoms with E-state index in [1.54, 1.807) is 17.0 Å². The molecule has 1 aromatic carbocycles. The van der Waals surface area contributed by atoms with Crippen LogP contribution in [0.5, 0.6) is 0 Å². The maximum Gasteiger partial charge on any atom is 0.256 e. The molecule has 0 atom stereocenters. The number of likely N-dealkylation sites (N-methyl/N-ethyl adjacent to an activating group) is 1. The molecule has 1 fully saturated rings. The molecular weight excluding hydrogens is 398 g/mol. The Morgan fingerprint density at radius 2 is 1.73 bits per heavy atom. The summed E-state index contributed by atoms with van der Waals surface area (Å²) < 4.78 is 27.6. The van der Waals surface area contributed by atoms with Crippen LogP contribution in [-0.2, 0) is 10.0 Å². The molecule has 0 aromatic heterocycles. The molecule has 30 heavy (non-hydrogen) atoms. The van der Waals surface area contributed by atoms with Crippen LogP contribution < -0.4 is 4.90 Å². The van der Waals surface area contributed by atoms with Crippen LogP contribution in [0, 0.1) is 5.92 Å². The van der Waals surface area contributed by atoms with Crippen molar-refractivity contribution < 1.29 is 13.2 Å². The fraction of sp³-hybridized carbons (Fsp3) is 0.609. The molecule has 0 saturated carbocycles. The van der Waals surface area contributed by atoms with Gasteiger partial charge in [0.25, 0.3) is 5.91 Å². The monoisotopic (exact) mass is 435 g/mol. The highest BCUT2D eigenvalue weighted by Gasteiger charge is 2.28. The first-order valence-corrected chi connectivity index (χ1v) is 12.4. The normalized spacial score (nSPS) is 15.5. The van der Waals surface area contributed by atoms with Crippen LogP contribution in [0.15, 0.2) is 35.2 Å². The first-order valence-electron chi connectivity index (χ1n) is 11.0. The Hall–Kier alpha value is -1.86. The Morgan fingerprint density at radius 1 is 1.13 bits per heavy atom. The van der Waals surface area contributed by atoms with Crippen LogP contribution in [0.2, 0.25) is 0 Å². The number of rotatable bonds is 9. The number of anilines is 1. The highest BCUT2D eigenvalue weighted by molar-refractivity contribution is 7.89. The van der Waals surface area contributed by atoms with Crippen LogP contribution in [0.1, 0.15) is 57.8 Å². The molecule has 1 saturated heterocycles. The van der Waals surface area contributed by atoms with Crippen LogP contribution in [0.25, 0.3) is 0 Å². The van der Waals surface area contributed by atoms with Crippen molar-refractivity contribution in [3.63, 3.8) is 0 Å². The van der Waals surface area contributed by atoms with Crippen molar-refractivity contribution in [1.82, 2.24) is 9.21 Å². The van der Waals surface area contributed by atoms with E-state index < -0.39 is 10.0 Å². The van der Waals surface area contributed by atoms with Crippen molar-refractivity contribution in [2.45, 2.75) is 52.4 Å². The smallest absolute Gasteiger partial charge is 0.256 e. The van der Waals surface area contributed by atoms with Gasteiger partial charge in [-0.2, -0.15) is 4.31 Å². The molecule has 7 heteroatoms. The Labute approximate surface area is 182 Å². The molecule has 1 heterocycles. The SMILES string of the molecule is C=C(C)CN(CC)C(=O)c1cc(S(=O)(=O)N(CC)CC)ccc1N1CCC(C)CC1. The number of benzene rings is 1. The predicted molar refractivity (Wildman–Crippen MR) is 124 cm³/mol. The van der Waals surface area contributed by atoms with E-state index >= 15 is 0 Å². The summed E-state index contributed by atoms with van der Waals surface area (Å²) in [5.74, 6) is 0.518. The third kappa shape index (κ3) is 5.43. The van der Waals surface area contributed by atoms with Crippen LogP contribution >= 0.6 is 0 Å². The van der Waals surface area contributed by atoms with Crippen molar-refractivity contribution in [3.8, 4) is 0 Å². The van der Waals surface area contributed by atoms with Gasteiger partial charge in [-0.05, 0) is 50.8 Å². The summed E-state index contributed by atoms with van der Waals surface area (Å²) in [7, 11) is -3.64. The lowest BCUT2D eigenvalue weighted by atomic mass is 9.98. The summed E-state index contributed by atoms with van der Waals surface area (Å²) in [4.78, 5) is 17.6. The topological polar surface area (TPSA) is 60.9 Å². The van der Waals surface area contributed by atoms with E-state index in [0.717, 1.165) is 37.2 Å². The van der Waals surface area contributed by atoms with Gasteiger partial charge in [0, 0.05) is 45.0 Å². The van der Waals surface area contributed by atoms with E-state index in [9.17, 15) is 13.2 Å². The summed E-state index contributed by atoms with van der Waals surface area (Å²) in [5.41, 5.74) is 2.18. The molecule has 1 aromatic rings. The fourth-order valence-electron chi connectivity index (χ4n) is 3.91. The van der Waals surface area contributed by atoms with Gasteiger partial charge in [-0.15, -0.1) is 0 Å². The van der Waals surface area contributed by atoms with Gasteiger partial charge in [-0.1, -0.05) is 32.9 Å². The van der Waals surface area contributed by atoms with E-state index in [-0.39, 0.29) is 10.8 Å². The number of hydrogen-bond donors (Lipinski definition) is 0. The molecular formula is C23H37N3O3S. The number of carbonyl (C=O) groups is 1. The standard InChI is InChI=1S/C23H37N3O3S/c1-7-24(17-18(4)5)23(27)21-16-20(30(28,29)26(8-2)9-3)10-11-22(21)25-14-12-19(6)13-15-25/h10-11,16,19H,4,7-9,12-15,17H2,1-3,5-6H3. The largest absolute Gasteiger partial charge is 0.371 e. The number of carbonyl (C=O) groups excluding carboxylic acids is 1. The van der Waals surface area contributed by atoms with Crippen molar-refractivity contribution in [3.05, 3.63) is 35.9 Å². The molecule has 6 nitrogen and oxygen atoms in total. The molecule has 0 spiro atoms. The van der Waals surface area contributed by atoms with Gasteiger partial charge < -0.3 is 9.80 Å². The third-order valence-electron chi connectivity index (χ3n) is 5.80. The average molecular weight is 436 g/mol. The third-order valence-corrected chi connectivity index (χ3v) is 7.84. The lowest BCUT2D eigenvalue weighted by Crippen LogP contribution is -2.37. The zero-order chi connectivity index (χ0) is 22.5. The molecule has 1 aliphatic heterocycles. The summed E-state index contributed by atoms with van der Waals surface area (Å²) in [5, 5.41) is 0. The van der Waals surface area contributed by atoms with Crippen molar-refractivity contribution in [2.75, 3.05) is 44.2 Å². The molecule has 0 unspecified atom stereocenters. The average Bonchev–Trinajstić information content (AvgIpc) is 2.72. The molecule has 0 aliphatic carbocycles. The highest BCUT2D eigenvalue weighted by Crippen LogP contribution is 2.30. The fourth-order valence-corrected chi connectivity index (χ4v) is 5.39. The van der Waals surface area contributed by atoms with Gasteiger partial charge in [0.15, 0.2) is 0 Å². The molecule has 0 bridgehead atoms. The Bertz CT molecular complexity index is 854. The Kier molecular flexibility index (Phi) is 8.50. The lowest BCUT2D eigenvalue weighted by molar-refractivity contribution is 0.0778. The second kappa shape index (κ2) is 10.4. The molecule has 168 valence electrons. The van der Waals surface area contributed by atoms with E-state index in [2.05, 4.69) is 18.4 Å². The highest BCUT2D eigenvalue weighted by atomic mass is 32.2. The maximum absolute atomic E-state index is 13.5. The van der Waals surface area contributed by atoms with Gasteiger partial charge in [-0.25, -0.2) is 8.42 Å². The number of sulfonamides is 1. The van der Waals surface area contributed by atoms with Gasteiger partial charge in [0.2, 0.25) is 10.0 Å².